The van der Waals surface area contributed by atoms with E-state index in [-0.39, 0.29) is 0 Å². The minimum Gasteiger partial charge on any atom is -0.480 e. The van der Waals surface area contributed by atoms with Gasteiger partial charge in [-0.3, -0.25) is 4.79 Å². The predicted octanol–water partition coefficient (Wildman–Crippen LogP) is 2.06. The highest BCUT2D eigenvalue weighted by atomic mass is 32.2. The number of hydrogen-bond acceptors (Lipinski definition) is 5. The van der Waals surface area contributed by atoms with E-state index in [1.165, 1.54) is 23.3 Å². The van der Waals surface area contributed by atoms with E-state index in [2.05, 4.69) is 9.36 Å². The molecule has 6 heteroatoms. The first-order chi connectivity index (χ1) is 6.67. The number of aryl methyl sites for hydroxylation is 1. The Morgan fingerprint density at radius 1 is 1.64 bits per heavy atom. The maximum Gasteiger partial charge on any atom is 0.317 e. The number of thioether (sulfide) groups is 1. The fraction of sp³-hybridized carbons (Fsp3) is 0.625. The molecule has 0 saturated heterocycles. The number of aliphatic carboxylic acids is 1. The molecule has 0 fully saturated rings. The van der Waals surface area contributed by atoms with Gasteiger partial charge in [0.2, 0.25) is 0 Å². The zero-order chi connectivity index (χ0) is 10.6. The van der Waals surface area contributed by atoms with Gasteiger partial charge in [-0.1, -0.05) is 25.6 Å². The van der Waals surface area contributed by atoms with Crippen LogP contribution in [0.25, 0.3) is 0 Å². The molecule has 0 amide bonds. The summed E-state index contributed by atoms with van der Waals surface area (Å²) in [5, 5.41) is 8.42. The number of hydrogen-bond donors (Lipinski definition) is 1. The molecule has 1 aromatic rings. The van der Waals surface area contributed by atoms with Gasteiger partial charge in [0.05, 0.1) is 0 Å². The lowest BCUT2D eigenvalue weighted by molar-refractivity contribution is -0.136. The molecule has 0 saturated carbocycles. The predicted molar refractivity (Wildman–Crippen MR) is 56.9 cm³/mol. The molecule has 1 N–H and O–H groups in total. The van der Waals surface area contributed by atoms with Crippen LogP contribution in [0.3, 0.4) is 0 Å². The second kappa shape index (κ2) is 5.31. The lowest BCUT2D eigenvalue weighted by atomic mass is 10.3. The summed E-state index contributed by atoms with van der Waals surface area (Å²) in [6, 6.07) is 0. The van der Waals surface area contributed by atoms with Crippen LogP contribution in [0.1, 0.15) is 26.1 Å². The second-order valence-corrected chi connectivity index (χ2v) is 4.88. The van der Waals surface area contributed by atoms with E-state index in [0.717, 1.165) is 16.6 Å². The van der Waals surface area contributed by atoms with Gasteiger partial charge in [0.15, 0.2) is 4.34 Å². The fourth-order valence-electron chi connectivity index (χ4n) is 0.859. The van der Waals surface area contributed by atoms with Crippen LogP contribution in [0.4, 0.5) is 0 Å². The largest absolute Gasteiger partial charge is 0.480 e. The summed E-state index contributed by atoms with van der Waals surface area (Å²) in [5.74, 6) is 0.00323. The van der Waals surface area contributed by atoms with Gasteiger partial charge in [-0.2, -0.15) is 4.37 Å². The molecule has 1 aromatic heterocycles. The van der Waals surface area contributed by atoms with Crippen molar-refractivity contribution in [1.29, 1.82) is 0 Å². The van der Waals surface area contributed by atoms with Crippen molar-refractivity contribution in [2.24, 2.45) is 0 Å². The molecule has 1 atom stereocenters. The number of rotatable bonds is 5. The first kappa shape index (κ1) is 11.5. The summed E-state index contributed by atoms with van der Waals surface area (Å²) in [6.45, 7) is 3.83. The fourth-order valence-corrected chi connectivity index (χ4v) is 2.66. The zero-order valence-corrected chi connectivity index (χ0v) is 9.69. The maximum atomic E-state index is 10.7. The summed E-state index contributed by atoms with van der Waals surface area (Å²) < 4.78 is 4.84. The van der Waals surface area contributed by atoms with E-state index in [1.54, 1.807) is 0 Å². The molecule has 0 aliphatic carbocycles. The van der Waals surface area contributed by atoms with E-state index < -0.39 is 11.2 Å². The van der Waals surface area contributed by atoms with E-state index in [4.69, 9.17) is 5.11 Å². The Morgan fingerprint density at radius 3 is 2.79 bits per heavy atom. The van der Waals surface area contributed by atoms with Crippen LogP contribution >= 0.6 is 23.3 Å². The monoisotopic (exact) mass is 232 g/mol. The lowest BCUT2D eigenvalue weighted by Crippen LogP contribution is -2.14. The van der Waals surface area contributed by atoms with E-state index in [0.29, 0.717) is 6.42 Å². The third-order valence-corrected chi connectivity index (χ3v) is 3.83. The van der Waals surface area contributed by atoms with E-state index in [1.807, 2.05) is 13.8 Å². The van der Waals surface area contributed by atoms with Gasteiger partial charge in [-0.25, -0.2) is 4.98 Å². The Bertz CT molecular complexity index is 314. The van der Waals surface area contributed by atoms with Crippen molar-refractivity contribution in [2.75, 3.05) is 0 Å². The minimum absolute atomic E-state index is 0.410. The van der Waals surface area contributed by atoms with Crippen LogP contribution in [-0.2, 0) is 11.2 Å². The Hall–Kier alpha value is -0.620. The molecule has 0 bridgehead atoms. The molecule has 0 aromatic carbocycles. The summed E-state index contributed by atoms with van der Waals surface area (Å²) in [4.78, 5) is 15.0. The quantitative estimate of drug-likeness (QED) is 0.787. The number of carboxylic acids is 1. The molecule has 1 heterocycles. The molecule has 1 rings (SSSR count). The average Bonchev–Trinajstić information content (AvgIpc) is 2.61. The van der Waals surface area contributed by atoms with Crippen molar-refractivity contribution in [1.82, 2.24) is 9.36 Å². The second-order valence-electron chi connectivity index (χ2n) is 2.68. The lowest BCUT2D eigenvalue weighted by Gasteiger charge is -2.04. The number of aromatic nitrogens is 2. The first-order valence-corrected chi connectivity index (χ1v) is 6.04. The molecule has 78 valence electrons. The molecular weight excluding hydrogens is 220 g/mol. The summed E-state index contributed by atoms with van der Waals surface area (Å²) in [6.07, 6.45) is 1.39. The van der Waals surface area contributed by atoms with E-state index in [9.17, 15) is 4.79 Å². The molecule has 14 heavy (non-hydrogen) atoms. The highest BCUT2D eigenvalue weighted by Crippen LogP contribution is 2.26. The van der Waals surface area contributed by atoms with Crippen LogP contribution in [0.2, 0.25) is 0 Å². The number of nitrogens with zero attached hydrogens (tertiary/aromatic N) is 2. The van der Waals surface area contributed by atoms with Crippen LogP contribution in [0, 0.1) is 0 Å². The van der Waals surface area contributed by atoms with Crippen molar-refractivity contribution in [3.05, 3.63) is 5.82 Å². The zero-order valence-electron chi connectivity index (χ0n) is 8.06. The van der Waals surface area contributed by atoms with Crippen LogP contribution in [0.15, 0.2) is 4.34 Å². The molecule has 1 unspecified atom stereocenters. The van der Waals surface area contributed by atoms with E-state index >= 15 is 0 Å². The third-order valence-electron chi connectivity index (χ3n) is 1.65. The Balaban J connectivity index is 2.62. The van der Waals surface area contributed by atoms with Gasteiger partial charge in [0, 0.05) is 6.42 Å². The van der Waals surface area contributed by atoms with Gasteiger partial charge in [-0.15, -0.1) is 0 Å². The first-order valence-electron chi connectivity index (χ1n) is 4.39. The minimum atomic E-state index is -0.786. The highest BCUT2D eigenvalue weighted by molar-refractivity contribution is 8.02. The molecule has 0 spiro atoms. The molecular formula is C8H12N2O2S2. The third kappa shape index (κ3) is 2.95. The van der Waals surface area contributed by atoms with Gasteiger partial charge in [0.1, 0.15) is 11.1 Å². The van der Waals surface area contributed by atoms with Crippen molar-refractivity contribution in [3.8, 4) is 0 Å². The standard InChI is InChI=1S/C8H12N2O2S2/c1-3-5(7(11)12)13-8-9-6(4-2)10-14-8/h5H,3-4H2,1-2H3,(H,11,12). The van der Waals surface area contributed by atoms with Gasteiger partial charge in [0.25, 0.3) is 0 Å². The molecule has 0 aliphatic heterocycles. The van der Waals surface area contributed by atoms with Crippen LogP contribution < -0.4 is 0 Å². The van der Waals surface area contributed by atoms with Gasteiger partial charge in [-0.05, 0) is 18.0 Å². The smallest absolute Gasteiger partial charge is 0.317 e. The van der Waals surface area contributed by atoms with Gasteiger partial charge < -0.3 is 5.11 Å². The topological polar surface area (TPSA) is 63.1 Å². The summed E-state index contributed by atoms with van der Waals surface area (Å²) >= 11 is 2.55. The maximum absolute atomic E-state index is 10.7. The van der Waals surface area contributed by atoms with Crippen molar-refractivity contribution < 1.29 is 9.90 Å². The van der Waals surface area contributed by atoms with Crippen LogP contribution in [0.5, 0.6) is 0 Å². The number of carboxylic acid groups (broad SMARTS) is 1. The molecule has 0 aliphatic rings. The Labute approximate surface area is 90.9 Å². The van der Waals surface area contributed by atoms with Crippen molar-refractivity contribution in [2.45, 2.75) is 36.3 Å². The molecule has 0 radical (unpaired) electrons. The summed E-state index contributed by atoms with van der Waals surface area (Å²) in [7, 11) is 0. The SMILES string of the molecule is CCc1nsc(SC(CC)C(=O)O)n1. The Kier molecular flexibility index (Phi) is 4.34. The van der Waals surface area contributed by atoms with Crippen LogP contribution in [-0.4, -0.2) is 25.7 Å². The average molecular weight is 232 g/mol. The van der Waals surface area contributed by atoms with Gasteiger partial charge >= 0.3 is 5.97 Å². The van der Waals surface area contributed by atoms with Crippen molar-refractivity contribution in [3.63, 3.8) is 0 Å². The Morgan fingerprint density at radius 2 is 2.36 bits per heavy atom. The van der Waals surface area contributed by atoms with Crippen molar-refractivity contribution >= 4 is 29.3 Å². The normalized spacial score (nSPS) is 12.7. The number of carbonyl (C=O) groups is 1. The molecule has 4 nitrogen and oxygen atoms in total. The highest BCUT2D eigenvalue weighted by Gasteiger charge is 2.18. The summed E-state index contributed by atoms with van der Waals surface area (Å²) in [5.41, 5.74) is 0.